The lowest BCUT2D eigenvalue weighted by molar-refractivity contribution is 0.0945. The Labute approximate surface area is 142 Å². The van der Waals surface area contributed by atoms with Crippen LogP contribution in [0.5, 0.6) is 0 Å². The fourth-order valence-corrected chi connectivity index (χ4v) is 2.81. The average molecular weight is 337 g/mol. The highest BCUT2D eigenvalue weighted by Crippen LogP contribution is 2.20. The summed E-state index contributed by atoms with van der Waals surface area (Å²) in [5.74, 6) is -0.960. The number of carbonyl (C=O) groups is 1. The average Bonchev–Trinajstić information content (AvgIpc) is 3.15. The van der Waals surface area contributed by atoms with Crippen molar-refractivity contribution in [3.05, 3.63) is 76.4 Å². The minimum Gasteiger partial charge on any atom is -0.332 e. The first-order chi connectivity index (χ1) is 11.7. The Balaban J connectivity index is 1.77. The van der Waals surface area contributed by atoms with Crippen LogP contribution in [0.15, 0.2) is 59.4 Å². The van der Waals surface area contributed by atoms with Crippen molar-refractivity contribution in [3.63, 3.8) is 0 Å². The Kier molecular flexibility index (Phi) is 4.64. The van der Waals surface area contributed by atoms with E-state index in [1.165, 1.54) is 29.5 Å². The highest BCUT2D eigenvalue weighted by atomic mass is 32.1. The van der Waals surface area contributed by atoms with Crippen molar-refractivity contribution >= 4 is 17.2 Å². The highest BCUT2D eigenvalue weighted by molar-refractivity contribution is 7.07. The van der Waals surface area contributed by atoms with Gasteiger partial charge in [0.1, 0.15) is 11.9 Å². The number of amides is 1. The molecule has 0 aliphatic heterocycles. The molecule has 0 fully saturated rings. The zero-order valence-electron chi connectivity index (χ0n) is 12.4. The third-order valence-electron chi connectivity index (χ3n) is 3.50. The first-order valence-electron chi connectivity index (χ1n) is 7.12. The fourth-order valence-electron chi connectivity index (χ4n) is 2.25. The van der Waals surface area contributed by atoms with E-state index in [0.29, 0.717) is 5.56 Å². The summed E-state index contributed by atoms with van der Waals surface area (Å²) in [6.07, 6.45) is 0. The molecule has 118 valence electrons. The minimum atomic E-state index is -1.04. The lowest BCUT2D eigenvalue weighted by Crippen LogP contribution is -2.28. The van der Waals surface area contributed by atoms with Crippen LogP contribution in [-0.4, -0.2) is 10.9 Å². The van der Waals surface area contributed by atoms with Crippen LogP contribution in [0.2, 0.25) is 0 Å². The van der Waals surface area contributed by atoms with Crippen molar-refractivity contribution in [1.29, 1.82) is 5.26 Å². The molecule has 6 heteroatoms. The largest absolute Gasteiger partial charge is 0.332 e. The van der Waals surface area contributed by atoms with E-state index >= 15 is 0 Å². The van der Waals surface area contributed by atoms with Gasteiger partial charge in [-0.25, -0.2) is 9.37 Å². The maximum atomic E-state index is 13.8. The Morgan fingerprint density at radius 3 is 2.58 bits per heavy atom. The van der Waals surface area contributed by atoms with Crippen LogP contribution in [-0.2, 0) is 0 Å². The molecule has 1 atom stereocenters. The van der Waals surface area contributed by atoms with Crippen molar-refractivity contribution in [2.45, 2.75) is 6.04 Å². The summed E-state index contributed by atoms with van der Waals surface area (Å²) in [6.45, 7) is 0. The molecule has 3 rings (SSSR count). The fraction of sp³-hybridized carbons (Fsp3) is 0.0556. The molecule has 24 heavy (non-hydrogen) atoms. The lowest BCUT2D eigenvalue weighted by atomic mass is 10.1. The molecule has 0 spiro atoms. The number of halogens is 1. The normalized spacial score (nSPS) is 11.5. The zero-order chi connectivity index (χ0) is 16.9. The molecule has 1 amide bonds. The lowest BCUT2D eigenvalue weighted by Gasteiger charge is -2.13. The Morgan fingerprint density at radius 1 is 1.21 bits per heavy atom. The third kappa shape index (κ3) is 3.31. The number of benzene rings is 2. The van der Waals surface area contributed by atoms with Gasteiger partial charge in [0.25, 0.3) is 5.91 Å². The van der Waals surface area contributed by atoms with Gasteiger partial charge in [-0.2, -0.15) is 5.26 Å². The van der Waals surface area contributed by atoms with Crippen LogP contribution in [0, 0.1) is 17.1 Å². The van der Waals surface area contributed by atoms with E-state index in [-0.39, 0.29) is 5.56 Å². The van der Waals surface area contributed by atoms with Crippen molar-refractivity contribution in [1.82, 2.24) is 10.3 Å². The summed E-state index contributed by atoms with van der Waals surface area (Å²) in [5.41, 5.74) is 4.02. The van der Waals surface area contributed by atoms with E-state index < -0.39 is 17.8 Å². The highest BCUT2D eigenvalue weighted by Gasteiger charge is 2.18. The van der Waals surface area contributed by atoms with Crippen molar-refractivity contribution in [2.75, 3.05) is 0 Å². The van der Waals surface area contributed by atoms with E-state index in [9.17, 15) is 14.4 Å². The zero-order valence-corrected chi connectivity index (χ0v) is 13.3. The van der Waals surface area contributed by atoms with Crippen LogP contribution in [0.4, 0.5) is 4.39 Å². The SMILES string of the molecule is N#C[C@H](NC(=O)c1ccc(-c2cscn2)cc1)c1ccccc1F. The van der Waals surface area contributed by atoms with Gasteiger partial charge in [0, 0.05) is 22.1 Å². The van der Waals surface area contributed by atoms with E-state index in [4.69, 9.17) is 0 Å². The van der Waals surface area contributed by atoms with Gasteiger partial charge in [-0.05, 0) is 18.2 Å². The monoisotopic (exact) mass is 337 g/mol. The number of nitrogens with zero attached hydrogens (tertiary/aromatic N) is 2. The Bertz CT molecular complexity index is 885. The van der Waals surface area contributed by atoms with Gasteiger partial charge in [-0.15, -0.1) is 11.3 Å². The molecule has 0 unspecified atom stereocenters. The number of hydrogen-bond acceptors (Lipinski definition) is 4. The third-order valence-corrected chi connectivity index (χ3v) is 4.08. The molecular weight excluding hydrogens is 325 g/mol. The van der Waals surface area contributed by atoms with Crippen LogP contribution in [0.1, 0.15) is 22.0 Å². The molecule has 0 saturated heterocycles. The molecule has 0 aliphatic rings. The molecule has 1 heterocycles. The molecule has 0 radical (unpaired) electrons. The number of aromatic nitrogens is 1. The van der Waals surface area contributed by atoms with Gasteiger partial charge in [-0.1, -0.05) is 30.3 Å². The van der Waals surface area contributed by atoms with Gasteiger partial charge in [0.2, 0.25) is 0 Å². The second-order valence-electron chi connectivity index (χ2n) is 5.01. The van der Waals surface area contributed by atoms with Gasteiger partial charge >= 0.3 is 0 Å². The molecule has 3 aromatic rings. The van der Waals surface area contributed by atoms with Gasteiger partial charge in [0.15, 0.2) is 0 Å². The van der Waals surface area contributed by atoms with Gasteiger partial charge < -0.3 is 5.32 Å². The summed E-state index contributed by atoms with van der Waals surface area (Å²) in [4.78, 5) is 16.5. The maximum Gasteiger partial charge on any atom is 0.252 e. The van der Waals surface area contributed by atoms with E-state index in [1.54, 1.807) is 35.8 Å². The molecule has 0 bridgehead atoms. The van der Waals surface area contributed by atoms with Crippen LogP contribution in [0.3, 0.4) is 0 Å². The predicted molar refractivity (Wildman–Crippen MR) is 89.8 cm³/mol. The summed E-state index contributed by atoms with van der Waals surface area (Å²) in [6, 6.07) is 13.6. The van der Waals surface area contributed by atoms with Crippen LogP contribution in [0.25, 0.3) is 11.3 Å². The number of thiazole rings is 1. The minimum absolute atomic E-state index is 0.146. The van der Waals surface area contributed by atoms with E-state index in [0.717, 1.165) is 11.3 Å². The first-order valence-corrected chi connectivity index (χ1v) is 8.07. The Morgan fingerprint density at radius 2 is 1.96 bits per heavy atom. The molecule has 4 nitrogen and oxygen atoms in total. The smallest absolute Gasteiger partial charge is 0.252 e. The van der Waals surface area contributed by atoms with Crippen molar-refractivity contribution < 1.29 is 9.18 Å². The maximum absolute atomic E-state index is 13.8. The standard InChI is InChI=1S/C18H12FN3OS/c19-15-4-2-1-3-14(15)16(9-20)22-18(23)13-7-5-12(6-8-13)17-10-24-11-21-17/h1-8,10-11,16H,(H,22,23)/t16-/m0/s1. The van der Waals surface area contributed by atoms with Gasteiger partial charge in [-0.3, -0.25) is 4.79 Å². The second kappa shape index (κ2) is 7.02. The quantitative estimate of drug-likeness (QED) is 0.784. The van der Waals surface area contributed by atoms with E-state index in [1.807, 2.05) is 11.4 Å². The number of rotatable bonds is 4. The number of carbonyl (C=O) groups excluding carboxylic acids is 1. The summed E-state index contributed by atoms with van der Waals surface area (Å²) >= 11 is 1.49. The van der Waals surface area contributed by atoms with Crippen molar-refractivity contribution in [2.24, 2.45) is 0 Å². The molecule has 2 aromatic carbocycles. The van der Waals surface area contributed by atoms with Gasteiger partial charge in [0.05, 0.1) is 17.3 Å². The second-order valence-corrected chi connectivity index (χ2v) is 5.73. The van der Waals surface area contributed by atoms with Crippen LogP contribution >= 0.6 is 11.3 Å². The van der Waals surface area contributed by atoms with E-state index in [2.05, 4.69) is 10.3 Å². The molecule has 1 N–H and O–H groups in total. The first kappa shape index (κ1) is 15.8. The molecule has 0 aliphatic carbocycles. The number of nitriles is 1. The van der Waals surface area contributed by atoms with Crippen molar-refractivity contribution in [3.8, 4) is 17.3 Å². The number of hydrogen-bond donors (Lipinski definition) is 1. The summed E-state index contributed by atoms with van der Waals surface area (Å²) in [5, 5.41) is 13.7. The predicted octanol–water partition coefficient (Wildman–Crippen LogP) is 3.94. The summed E-state index contributed by atoms with van der Waals surface area (Å²) in [7, 11) is 0. The van der Waals surface area contributed by atoms with Crippen LogP contribution < -0.4 is 5.32 Å². The molecule has 1 aromatic heterocycles. The number of nitrogens with one attached hydrogen (secondary N) is 1. The molecular formula is C18H12FN3OS. The summed E-state index contributed by atoms with van der Waals surface area (Å²) < 4.78 is 13.8. The Hall–Kier alpha value is -3.04. The molecule has 0 saturated carbocycles. The topological polar surface area (TPSA) is 65.8 Å².